The Morgan fingerprint density at radius 2 is 2.12 bits per heavy atom. The average molecular weight is 387 g/mol. The lowest BCUT2D eigenvalue weighted by Crippen LogP contribution is -2.23. The molecule has 24 heavy (non-hydrogen) atoms. The van der Waals surface area contributed by atoms with Crippen LogP contribution in [0.1, 0.15) is 35.6 Å². The van der Waals surface area contributed by atoms with Crippen molar-refractivity contribution >= 4 is 32.7 Å². The van der Waals surface area contributed by atoms with Crippen LogP contribution in [0.5, 0.6) is 0 Å². The minimum Gasteiger partial charge on any atom is -0.345 e. The number of aromatic nitrogens is 4. The maximum absolute atomic E-state index is 12.8. The third-order valence-corrected chi connectivity index (χ3v) is 5.58. The standard InChI is InChI=1S/C18H19BrN4O/c1-10-3-15-16(4-11(10)2)23(9-22-15)8-17(24)14-7-21-18-13(14)5-12(19)6-20-18/h5-7,9-11H,3-4,8H2,1-2H3,(H,20,21). The van der Waals surface area contributed by atoms with Crippen molar-refractivity contribution < 1.29 is 4.79 Å². The van der Waals surface area contributed by atoms with Gasteiger partial charge in [-0.05, 0) is 46.7 Å². The Hall–Kier alpha value is -1.95. The molecule has 2 atom stereocenters. The van der Waals surface area contributed by atoms with Crippen molar-refractivity contribution in [3.05, 3.63) is 46.2 Å². The number of ketones is 1. The van der Waals surface area contributed by atoms with E-state index in [0.29, 0.717) is 23.9 Å². The highest BCUT2D eigenvalue weighted by molar-refractivity contribution is 9.10. The van der Waals surface area contributed by atoms with Crippen LogP contribution in [0.3, 0.4) is 0 Å². The van der Waals surface area contributed by atoms with E-state index >= 15 is 0 Å². The first-order valence-corrected chi connectivity index (χ1v) is 9.01. The van der Waals surface area contributed by atoms with Gasteiger partial charge in [0.15, 0.2) is 5.78 Å². The van der Waals surface area contributed by atoms with Crippen LogP contribution in [-0.2, 0) is 19.4 Å². The molecule has 6 heteroatoms. The smallest absolute Gasteiger partial charge is 0.184 e. The maximum Gasteiger partial charge on any atom is 0.184 e. The van der Waals surface area contributed by atoms with Crippen molar-refractivity contribution in [1.82, 2.24) is 19.5 Å². The van der Waals surface area contributed by atoms with Gasteiger partial charge in [-0.3, -0.25) is 4.79 Å². The summed E-state index contributed by atoms with van der Waals surface area (Å²) in [6, 6.07) is 1.93. The summed E-state index contributed by atoms with van der Waals surface area (Å²) in [5, 5.41) is 0.852. The van der Waals surface area contributed by atoms with E-state index in [-0.39, 0.29) is 5.78 Å². The van der Waals surface area contributed by atoms with E-state index in [9.17, 15) is 4.79 Å². The SMILES string of the molecule is CC1Cc2ncn(CC(=O)c3c[nH]c4ncc(Br)cc34)c2CC1C. The lowest BCUT2D eigenvalue weighted by Gasteiger charge is -2.26. The van der Waals surface area contributed by atoms with Crippen molar-refractivity contribution in [1.29, 1.82) is 0 Å². The van der Waals surface area contributed by atoms with E-state index in [1.165, 1.54) is 5.69 Å². The molecule has 0 amide bonds. The van der Waals surface area contributed by atoms with Crippen LogP contribution in [0, 0.1) is 11.8 Å². The van der Waals surface area contributed by atoms with Crippen molar-refractivity contribution in [2.45, 2.75) is 33.2 Å². The number of halogens is 1. The second kappa shape index (κ2) is 5.84. The van der Waals surface area contributed by atoms with Crippen LogP contribution < -0.4 is 0 Å². The largest absolute Gasteiger partial charge is 0.345 e. The molecule has 2 unspecified atom stereocenters. The van der Waals surface area contributed by atoms with Crippen molar-refractivity contribution in [2.75, 3.05) is 0 Å². The van der Waals surface area contributed by atoms with Gasteiger partial charge in [0.1, 0.15) is 5.65 Å². The molecular formula is C18H19BrN4O. The molecule has 0 saturated heterocycles. The number of pyridine rings is 1. The normalized spacial score (nSPS) is 20.3. The van der Waals surface area contributed by atoms with Crippen LogP contribution >= 0.6 is 15.9 Å². The lowest BCUT2D eigenvalue weighted by atomic mass is 9.82. The molecule has 0 bridgehead atoms. The predicted molar refractivity (Wildman–Crippen MR) is 96.1 cm³/mol. The van der Waals surface area contributed by atoms with Crippen LogP contribution in [-0.4, -0.2) is 25.3 Å². The molecule has 0 spiro atoms. The van der Waals surface area contributed by atoms with Crippen LogP contribution in [0.4, 0.5) is 0 Å². The summed E-state index contributed by atoms with van der Waals surface area (Å²) in [5.74, 6) is 1.34. The van der Waals surface area contributed by atoms with Gasteiger partial charge in [0.2, 0.25) is 0 Å². The Kier molecular flexibility index (Phi) is 3.79. The topological polar surface area (TPSA) is 63.6 Å². The van der Waals surface area contributed by atoms with Gasteiger partial charge >= 0.3 is 0 Å². The van der Waals surface area contributed by atoms with Crippen LogP contribution in [0.15, 0.2) is 29.3 Å². The molecule has 5 nitrogen and oxygen atoms in total. The van der Waals surface area contributed by atoms with E-state index in [1.54, 1.807) is 12.4 Å². The number of rotatable bonds is 3. The summed E-state index contributed by atoms with van der Waals surface area (Å²) in [6.07, 6.45) is 7.28. The zero-order valence-electron chi connectivity index (χ0n) is 13.7. The zero-order chi connectivity index (χ0) is 16.8. The molecule has 3 aromatic rings. The first-order valence-electron chi connectivity index (χ1n) is 8.21. The summed E-state index contributed by atoms with van der Waals surface area (Å²) in [5.41, 5.74) is 3.78. The van der Waals surface area contributed by atoms with Gasteiger partial charge in [-0.15, -0.1) is 0 Å². The number of H-pyrrole nitrogens is 1. The molecule has 0 aliphatic heterocycles. The molecule has 3 heterocycles. The van der Waals surface area contributed by atoms with Crippen molar-refractivity contribution in [3.8, 4) is 0 Å². The number of nitrogens with one attached hydrogen (secondary N) is 1. The second-order valence-corrected chi connectivity index (χ2v) is 7.72. The Balaban J connectivity index is 1.64. The molecule has 4 rings (SSSR count). The Labute approximate surface area is 148 Å². The minimum absolute atomic E-state index is 0.0765. The molecule has 1 N–H and O–H groups in total. The lowest BCUT2D eigenvalue weighted by molar-refractivity contribution is 0.0972. The van der Waals surface area contributed by atoms with E-state index in [1.807, 2.05) is 17.0 Å². The summed E-state index contributed by atoms with van der Waals surface area (Å²) in [7, 11) is 0. The van der Waals surface area contributed by atoms with E-state index < -0.39 is 0 Å². The quantitative estimate of drug-likeness (QED) is 0.696. The van der Waals surface area contributed by atoms with Gasteiger partial charge in [0.25, 0.3) is 0 Å². The highest BCUT2D eigenvalue weighted by atomic mass is 79.9. The van der Waals surface area contributed by atoms with E-state index in [4.69, 9.17) is 0 Å². The maximum atomic E-state index is 12.8. The Morgan fingerprint density at radius 3 is 2.96 bits per heavy atom. The van der Waals surface area contributed by atoms with Crippen molar-refractivity contribution in [3.63, 3.8) is 0 Å². The fourth-order valence-electron chi connectivity index (χ4n) is 3.45. The molecule has 1 aliphatic carbocycles. The van der Waals surface area contributed by atoms with E-state index in [2.05, 4.69) is 44.7 Å². The number of Topliss-reactive ketones (excluding diaryl/α,β-unsaturated/α-hetero) is 1. The minimum atomic E-state index is 0.0765. The van der Waals surface area contributed by atoms with Gasteiger partial charge in [-0.1, -0.05) is 13.8 Å². The van der Waals surface area contributed by atoms with Crippen LogP contribution in [0.25, 0.3) is 11.0 Å². The molecular weight excluding hydrogens is 368 g/mol. The summed E-state index contributed by atoms with van der Waals surface area (Å²) in [4.78, 5) is 24.7. The number of hydrogen-bond donors (Lipinski definition) is 1. The molecule has 3 aromatic heterocycles. The number of aromatic amines is 1. The van der Waals surface area contributed by atoms with Gasteiger partial charge in [-0.25, -0.2) is 9.97 Å². The molecule has 1 aliphatic rings. The third kappa shape index (κ3) is 2.59. The molecule has 124 valence electrons. The zero-order valence-corrected chi connectivity index (χ0v) is 15.3. The Morgan fingerprint density at radius 1 is 1.33 bits per heavy atom. The number of imidazole rings is 1. The molecule has 0 fully saturated rings. The first-order chi connectivity index (χ1) is 11.5. The number of nitrogens with zero attached hydrogens (tertiary/aromatic N) is 3. The predicted octanol–water partition coefficient (Wildman–Crippen LogP) is 3.78. The van der Waals surface area contributed by atoms with Gasteiger partial charge in [0.05, 0.1) is 18.6 Å². The fourth-order valence-corrected chi connectivity index (χ4v) is 3.78. The molecule has 0 radical (unpaired) electrons. The average Bonchev–Trinajstić information content (AvgIpc) is 3.12. The number of hydrogen-bond acceptors (Lipinski definition) is 3. The Bertz CT molecular complexity index is 926. The monoisotopic (exact) mass is 386 g/mol. The highest BCUT2D eigenvalue weighted by Gasteiger charge is 2.26. The summed E-state index contributed by atoms with van der Waals surface area (Å²) in [6.45, 7) is 4.87. The fraction of sp³-hybridized carbons (Fsp3) is 0.389. The summed E-state index contributed by atoms with van der Waals surface area (Å²) < 4.78 is 2.89. The van der Waals surface area contributed by atoms with Gasteiger partial charge < -0.3 is 9.55 Å². The van der Waals surface area contributed by atoms with E-state index in [0.717, 1.165) is 34.0 Å². The second-order valence-electron chi connectivity index (χ2n) is 6.80. The first kappa shape index (κ1) is 15.6. The molecule has 0 aromatic carbocycles. The number of fused-ring (bicyclic) bond motifs is 2. The third-order valence-electron chi connectivity index (χ3n) is 5.15. The number of carbonyl (C=O) groups excluding carboxylic acids is 1. The number of carbonyl (C=O) groups is 1. The summed E-state index contributed by atoms with van der Waals surface area (Å²) >= 11 is 3.42. The van der Waals surface area contributed by atoms with Gasteiger partial charge in [-0.2, -0.15) is 0 Å². The van der Waals surface area contributed by atoms with Crippen LogP contribution in [0.2, 0.25) is 0 Å². The highest BCUT2D eigenvalue weighted by Crippen LogP contribution is 2.29. The molecule has 0 saturated carbocycles. The van der Waals surface area contributed by atoms with Crippen molar-refractivity contribution in [2.24, 2.45) is 11.8 Å². The van der Waals surface area contributed by atoms with Gasteiger partial charge in [0, 0.05) is 33.5 Å².